The van der Waals surface area contributed by atoms with Gasteiger partial charge in [0.1, 0.15) is 0 Å². The van der Waals surface area contributed by atoms with Gasteiger partial charge in [-0.15, -0.1) is 0 Å². The number of nitrogens with zero attached hydrogens (tertiary/aromatic N) is 4. The Morgan fingerprint density at radius 1 is 1.39 bits per heavy atom. The first-order chi connectivity index (χ1) is 10.7. The summed E-state index contributed by atoms with van der Waals surface area (Å²) in [6, 6.07) is 5.43. The average Bonchev–Trinajstić information content (AvgIpc) is 2.92. The molecule has 2 aromatic rings. The van der Waals surface area contributed by atoms with Crippen molar-refractivity contribution in [2.24, 2.45) is 7.05 Å². The maximum Gasteiger partial charge on any atom is 0.273 e. The second kappa shape index (κ2) is 6.47. The van der Waals surface area contributed by atoms with E-state index in [4.69, 9.17) is 0 Å². The number of nitro groups is 1. The van der Waals surface area contributed by atoms with Crippen molar-refractivity contribution in [3.05, 3.63) is 57.9 Å². The van der Waals surface area contributed by atoms with Crippen molar-refractivity contribution in [1.29, 1.82) is 0 Å². The van der Waals surface area contributed by atoms with Crippen molar-refractivity contribution >= 4 is 15.7 Å². The van der Waals surface area contributed by atoms with Gasteiger partial charge in [0.15, 0.2) is 0 Å². The van der Waals surface area contributed by atoms with Crippen LogP contribution in [0.4, 0.5) is 5.69 Å². The molecule has 1 aromatic heterocycles. The van der Waals surface area contributed by atoms with Crippen LogP contribution in [-0.4, -0.2) is 34.5 Å². The van der Waals surface area contributed by atoms with Crippen LogP contribution < -0.4 is 0 Å². The molecule has 0 saturated heterocycles. The maximum absolute atomic E-state index is 12.6. The Hall–Kier alpha value is -2.26. The van der Waals surface area contributed by atoms with Gasteiger partial charge in [-0.1, -0.05) is 18.2 Å². The zero-order chi connectivity index (χ0) is 17.2. The first-order valence-corrected chi connectivity index (χ1v) is 8.50. The summed E-state index contributed by atoms with van der Waals surface area (Å²) in [7, 11) is -0.507. The molecule has 0 aliphatic carbocycles. The van der Waals surface area contributed by atoms with Gasteiger partial charge < -0.3 is 0 Å². The van der Waals surface area contributed by atoms with E-state index in [1.807, 2.05) is 0 Å². The maximum atomic E-state index is 12.6. The fourth-order valence-electron chi connectivity index (χ4n) is 2.22. The summed E-state index contributed by atoms with van der Waals surface area (Å²) in [5, 5.41) is 15.1. The lowest BCUT2D eigenvalue weighted by Gasteiger charge is -2.23. The highest BCUT2D eigenvalue weighted by Gasteiger charge is 2.28. The van der Waals surface area contributed by atoms with Crippen LogP contribution in [0.3, 0.4) is 0 Å². The van der Waals surface area contributed by atoms with Gasteiger partial charge in [-0.05, 0) is 6.92 Å². The number of aromatic nitrogens is 2. The number of nitro benzene ring substituents is 1. The summed E-state index contributed by atoms with van der Waals surface area (Å²) in [5.74, 6) is -0.425. The molecule has 0 spiro atoms. The van der Waals surface area contributed by atoms with Crippen LogP contribution in [0, 0.1) is 10.1 Å². The van der Waals surface area contributed by atoms with Crippen LogP contribution in [0.2, 0.25) is 0 Å². The van der Waals surface area contributed by atoms with E-state index in [-0.39, 0.29) is 11.3 Å². The molecule has 0 aliphatic rings. The highest BCUT2D eigenvalue weighted by Crippen LogP contribution is 2.26. The third kappa shape index (κ3) is 3.74. The molecule has 1 atom stereocenters. The predicted octanol–water partition coefficient (Wildman–Crippen LogP) is 1.85. The zero-order valence-electron chi connectivity index (χ0n) is 13.1. The van der Waals surface area contributed by atoms with Crippen LogP contribution in [0.5, 0.6) is 0 Å². The lowest BCUT2D eigenvalue weighted by Crippen LogP contribution is -2.30. The number of hydrogen-bond donors (Lipinski definition) is 0. The molecule has 2 rings (SSSR count). The van der Waals surface area contributed by atoms with Crippen molar-refractivity contribution in [1.82, 2.24) is 14.1 Å². The van der Waals surface area contributed by atoms with Crippen molar-refractivity contribution in [3.63, 3.8) is 0 Å². The van der Waals surface area contributed by atoms with E-state index in [1.54, 1.807) is 37.1 Å². The van der Waals surface area contributed by atoms with Gasteiger partial charge in [0.05, 0.1) is 16.9 Å². The van der Waals surface area contributed by atoms with Crippen molar-refractivity contribution < 1.29 is 13.3 Å². The molecule has 1 aromatic carbocycles. The lowest BCUT2D eigenvalue weighted by molar-refractivity contribution is -0.385. The largest absolute Gasteiger partial charge is 0.275 e. The monoisotopic (exact) mass is 338 g/mol. The van der Waals surface area contributed by atoms with Crippen LogP contribution in [0.15, 0.2) is 36.7 Å². The first kappa shape index (κ1) is 17.1. The van der Waals surface area contributed by atoms with Crippen LogP contribution in [0.1, 0.15) is 24.1 Å². The number of benzene rings is 1. The standard InChI is InChI=1S/C14H18N4O4S/c1-11(13-8-15-16(2)9-13)17(3)23(21,22)10-12-6-4-5-7-14(12)18(19)20/h4-9,11H,10H2,1-3H3/t11-/m0/s1. The second-order valence-corrected chi connectivity index (χ2v) is 7.31. The number of sulfonamides is 1. The van der Waals surface area contributed by atoms with E-state index in [2.05, 4.69) is 5.10 Å². The van der Waals surface area contributed by atoms with Crippen molar-refractivity contribution in [3.8, 4) is 0 Å². The third-order valence-corrected chi connectivity index (χ3v) is 5.59. The van der Waals surface area contributed by atoms with Gasteiger partial charge in [0.25, 0.3) is 5.69 Å². The Labute approximate surface area is 134 Å². The molecule has 124 valence electrons. The fourth-order valence-corrected chi connectivity index (χ4v) is 3.66. The van der Waals surface area contributed by atoms with E-state index >= 15 is 0 Å². The molecule has 1 heterocycles. The van der Waals surface area contributed by atoms with Gasteiger partial charge >= 0.3 is 0 Å². The Balaban J connectivity index is 2.26. The van der Waals surface area contributed by atoms with Crippen molar-refractivity contribution in [2.75, 3.05) is 7.05 Å². The average molecular weight is 338 g/mol. The molecule has 0 fully saturated rings. The molecular weight excluding hydrogens is 320 g/mol. The molecule has 0 bridgehead atoms. The van der Waals surface area contributed by atoms with Gasteiger partial charge in [0.2, 0.25) is 10.0 Å². The molecule has 8 nitrogen and oxygen atoms in total. The Morgan fingerprint density at radius 2 is 2.04 bits per heavy atom. The molecule has 0 unspecified atom stereocenters. The van der Waals surface area contributed by atoms with E-state index in [0.29, 0.717) is 0 Å². The smallest absolute Gasteiger partial charge is 0.273 e. The first-order valence-electron chi connectivity index (χ1n) is 6.89. The predicted molar refractivity (Wildman–Crippen MR) is 85.1 cm³/mol. The fraction of sp³-hybridized carbons (Fsp3) is 0.357. The summed E-state index contributed by atoms with van der Waals surface area (Å²) in [6.45, 7) is 1.74. The molecule has 0 aliphatic heterocycles. The number of aryl methyl sites for hydroxylation is 1. The van der Waals surface area contributed by atoms with Gasteiger partial charge in [0, 0.05) is 43.5 Å². The number of rotatable bonds is 6. The molecule has 0 N–H and O–H groups in total. The topological polar surface area (TPSA) is 98.3 Å². The molecule has 0 saturated carbocycles. The van der Waals surface area contributed by atoms with Crippen LogP contribution in [0.25, 0.3) is 0 Å². The van der Waals surface area contributed by atoms with Gasteiger partial charge in [-0.3, -0.25) is 14.8 Å². The summed E-state index contributed by atoms with van der Waals surface area (Å²) >= 11 is 0. The quantitative estimate of drug-likeness (QED) is 0.591. The van der Waals surface area contributed by atoms with Crippen LogP contribution >= 0.6 is 0 Å². The normalized spacial score (nSPS) is 13.2. The molecule has 23 heavy (non-hydrogen) atoms. The minimum atomic E-state index is -3.72. The number of hydrogen-bond acceptors (Lipinski definition) is 5. The number of para-hydroxylation sites is 1. The summed E-state index contributed by atoms with van der Waals surface area (Å²) < 4.78 is 27.9. The molecular formula is C14H18N4O4S. The molecule has 9 heteroatoms. The zero-order valence-corrected chi connectivity index (χ0v) is 13.9. The summed E-state index contributed by atoms with van der Waals surface area (Å²) in [6.07, 6.45) is 3.34. The van der Waals surface area contributed by atoms with Gasteiger partial charge in [-0.2, -0.15) is 9.40 Å². The third-order valence-electron chi connectivity index (χ3n) is 3.72. The SMILES string of the molecule is C[C@@H](c1cnn(C)c1)N(C)S(=O)(=O)Cc1ccccc1[N+](=O)[O-]. The van der Waals surface area contributed by atoms with E-state index in [9.17, 15) is 18.5 Å². The van der Waals surface area contributed by atoms with E-state index in [1.165, 1.54) is 29.6 Å². The van der Waals surface area contributed by atoms with E-state index < -0.39 is 26.7 Å². The highest BCUT2D eigenvalue weighted by atomic mass is 32.2. The van der Waals surface area contributed by atoms with Gasteiger partial charge in [-0.25, -0.2) is 8.42 Å². The minimum Gasteiger partial charge on any atom is -0.275 e. The summed E-state index contributed by atoms with van der Waals surface area (Å²) in [4.78, 5) is 10.4. The van der Waals surface area contributed by atoms with E-state index in [0.717, 1.165) is 5.56 Å². The lowest BCUT2D eigenvalue weighted by atomic mass is 10.2. The minimum absolute atomic E-state index is 0.169. The van der Waals surface area contributed by atoms with Crippen LogP contribution in [-0.2, 0) is 22.8 Å². The molecule has 0 amide bonds. The Kier molecular flexibility index (Phi) is 4.81. The Morgan fingerprint density at radius 3 is 2.61 bits per heavy atom. The second-order valence-electron chi connectivity index (χ2n) is 5.28. The summed E-state index contributed by atoms with van der Waals surface area (Å²) in [5.41, 5.74) is 0.724. The van der Waals surface area contributed by atoms with Crippen molar-refractivity contribution in [2.45, 2.75) is 18.7 Å². The Bertz CT molecular complexity index is 816. The molecule has 0 radical (unpaired) electrons. The highest BCUT2D eigenvalue weighted by molar-refractivity contribution is 7.88.